The van der Waals surface area contributed by atoms with Crippen LogP contribution in [-0.2, 0) is 0 Å². The maximum Gasteiger partial charge on any atom is 0.223 e. The zero-order valence-corrected chi connectivity index (χ0v) is 12.7. The van der Waals surface area contributed by atoms with Gasteiger partial charge in [-0.1, -0.05) is 19.8 Å². The highest BCUT2D eigenvalue weighted by Gasteiger charge is 2.00. The van der Waals surface area contributed by atoms with E-state index >= 15 is 0 Å². The highest BCUT2D eigenvalue weighted by molar-refractivity contribution is 5.61. The van der Waals surface area contributed by atoms with E-state index in [1.165, 1.54) is 12.8 Å². The van der Waals surface area contributed by atoms with E-state index in [-0.39, 0.29) is 5.95 Å². The second-order valence-electron chi connectivity index (χ2n) is 4.88. The van der Waals surface area contributed by atoms with E-state index in [4.69, 9.17) is 11.5 Å². The number of unbranched alkanes of at least 4 members (excludes halogenated alkanes) is 2. The maximum atomic E-state index is 5.63. The highest BCUT2D eigenvalue weighted by Crippen LogP contribution is 2.20. The molecule has 1 aromatic heterocycles. The number of nitrogens with zero attached hydrogens (tertiary/aromatic N) is 4. The second-order valence-corrected chi connectivity index (χ2v) is 4.88. The first-order chi connectivity index (χ1) is 10.7. The maximum absolute atomic E-state index is 5.63. The smallest absolute Gasteiger partial charge is 0.223 e. The fourth-order valence-corrected chi connectivity index (χ4v) is 1.87. The number of hydrogen-bond acceptors (Lipinski definition) is 7. The largest absolute Gasteiger partial charge is 0.383 e. The van der Waals surface area contributed by atoms with Crippen LogP contribution < -0.4 is 16.8 Å². The summed E-state index contributed by atoms with van der Waals surface area (Å²) in [6.45, 7) is 2.94. The van der Waals surface area contributed by atoms with Crippen molar-refractivity contribution in [2.45, 2.75) is 26.2 Å². The molecule has 0 radical (unpaired) electrons. The van der Waals surface area contributed by atoms with Crippen LogP contribution in [0.15, 0.2) is 40.6 Å². The summed E-state index contributed by atoms with van der Waals surface area (Å²) in [6.07, 6.45) is 3.46. The average Bonchev–Trinajstić information content (AvgIpc) is 2.48. The van der Waals surface area contributed by atoms with Gasteiger partial charge in [-0.3, -0.25) is 0 Å². The number of benzene rings is 1. The number of rotatable bonds is 7. The third-order valence-electron chi connectivity index (χ3n) is 2.95. The molecule has 0 amide bonds. The Morgan fingerprint density at radius 3 is 2.55 bits per heavy atom. The zero-order valence-electron chi connectivity index (χ0n) is 12.7. The molecule has 116 valence electrons. The van der Waals surface area contributed by atoms with E-state index in [0.29, 0.717) is 11.6 Å². The standard InChI is InChI=1S/C15H21N7/c1-2-3-4-9-18-22-12-7-5-11(6-8-12)19-14-10-13(16)20-15(17)21-14/h5-8,10H,2-4,9H2,1H3,(H5,16,17,19,20,21). The van der Waals surface area contributed by atoms with Crippen molar-refractivity contribution >= 4 is 29.0 Å². The number of anilines is 4. The molecule has 5 N–H and O–H groups in total. The van der Waals surface area contributed by atoms with Crippen LogP contribution in [0.5, 0.6) is 0 Å². The van der Waals surface area contributed by atoms with Crippen molar-refractivity contribution in [2.24, 2.45) is 10.2 Å². The quantitative estimate of drug-likeness (QED) is 0.533. The SMILES string of the molecule is CCCCCN=Nc1ccc(Nc2cc(N)nc(N)n2)cc1. The first-order valence-electron chi connectivity index (χ1n) is 7.32. The molecule has 2 aromatic rings. The Morgan fingerprint density at radius 2 is 1.86 bits per heavy atom. The Hall–Kier alpha value is -2.70. The number of azo groups is 1. The van der Waals surface area contributed by atoms with Gasteiger partial charge in [0.25, 0.3) is 0 Å². The Bertz CT molecular complexity index is 602. The summed E-state index contributed by atoms with van der Waals surface area (Å²) in [5.41, 5.74) is 12.9. The van der Waals surface area contributed by atoms with E-state index in [2.05, 4.69) is 32.4 Å². The van der Waals surface area contributed by atoms with Crippen molar-refractivity contribution in [3.63, 3.8) is 0 Å². The Labute approximate surface area is 129 Å². The molecule has 0 bridgehead atoms. The third-order valence-corrected chi connectivity index (χ3v) is 2.95. The normalized spacial score (nSPS) is 11.0. The monoisotopic (exact) mass is 299 g/mol. The first kappa shape index (κ1) is 15.7. The molecule has 7 heteroatoms. The van der Waals surface area contributed by atoms with Crippen LogP contribution in [0, 0.1) is 0 Å². The van der Waals surface area contributed by atoms with Crippen LogP contribution >= 0.6 is 0 Å². The van der Waals surface area contributed by atoms with Crippen LogP contribution in [-0.4, -0.2) is 16.5 Å². The molecule has 0 unspecified atom stereocenters. The minimum Gasteiger partial charge on any atom is -0.383 e. The van der Waals surface area contributed by atoms with Crippen LogP contribution in [0.2, 0.25) is 0 Å². The van der Waals surface area contributed by atoms with E-state index in [1.54, 1.807) is 6.07 Å². The van der Waals surface area contributed by atoms with Gasteiger partial charge in [-0.2, -0.15) is 20.2 Å². The number of nitrogens with one attached hydrogen (secondary N) is 1. The molecule has 1 heterocycles. The molecule has 0 aliphatic rings. The van der Waals surface area contributed by atoms with E-state index in [9.17, 15) is 0 Å². The highest BCUT2D eigenvalue weighted by atomic mass is 15.1. The second kappa shape index (κ2) is 7.92. The molecule has 0 aliphatic carbocycles. The molecule has 7 nitrogen and oxygen atoms in total. The fraction of sp³-hybridized carbons (Fsp3) is 0.333. The molecule has 0 spiro atoms. The molecule has 1 aromatic carbocycles. The van der Waals surface area contributed by atoms with Gasteiger partial charge in [0.1, 0.15) is 11.6 Å². The van der Waals surface area contributed by atoms with E-state index < -0.39 is 0 Å². The van der Waals surface area contributed by atoms with Gasteiger partial charge in [0.15, 0.2) is 0 Å². The van der Waals surface area contributed by atoms with Crippen LogP contribution in [0.1, 0.15) is 26.2 Å². The van der Waals surface area contributed by atoms with Crippen LogP contribution in [0.3, 0.4) is 0 Å². The third kappa shape index (κ3) is 5.01. The molecule has 0 saturated carbocycles. The summed E-state index contributed by atoms with van der Waals surface area (Å²) in [4.78, 5) is 7.89. The number of aromatic nitrogens is 2. The topological polar surface area (TPSA) is 115 Å². The van der Waals surface area contributed by atoms with Crippen molar-refractivity contribution in [3.05, 3.63) is 30.3 Å². The minimum atomic E-state index is 0.139. The molecule has 0 atom stereocenters. The van der Waals surface area contributed by atoms with E-state index in [1.807, 2.05) is 24.3 Å². The summed E-state index contributed by atoms with van der Waals surface area (Å²) in [7, 11) is 0. The minimum absolute atomic E-state index is 0.139. The van der Waals surface area contributed by atoms with Crippen molar-refractivity contribution in [1.82, 2.24) is 9.97 Å². The Morgan fingerprint density at radius 1 is 1.09 bits per heavy atom. The van der Waals surface area contributed by atoms with Crippen molar-refractivity contribution in [2.75, 3.05) is 23.3 Å². The van der Waals surface area contributed by atoms with Gasteiger partial charge >= 0.3 is 0 Å². The molecule has 0 fully saturated rings. The molecule has 0 saturated heterocycles. The molecule has 2 rings (SSSR count). The Kier molecular flexibility index (Phi) is 5.65. The van der Waals surface area contributed by atoms with Crippen molar-refractivity contribution < 1.29 is 0 Å². The number of nitrogens with two attached hydrogens (primary N) is 2. The summed E-state index contributed by atoms with van der Waals surface area (Å²) in [5.74, 6) is 1.02. The summed E-state index contributed by atoms with van der Waals surface area (Å²) >= 11 is 0. The van der Waals surface area contributed by atoms with Gasteiger partial charge in [-0.05, 0) is 30.7 Å². The molecular weight excluding hydrogens is 278 g/mol. The Balaban J connectivity index is 1.94. The first-order valence-corrected chi connectivity index (χ1v) is 7.32. The predicted molar refractivity (Wildman–Crippen MR) is 89.5 cm³/mol. The van der Waals surface area contributed by atoms with Crippen molar-refractivity contribution in [3.8, 4) is 0 Å². The molecule has 0 aliphatic heterocycles. The lowest BCUT2D eigenvalue weighted by molar-refractivity contribution is 0.713. The van der Waals surface area contributed by atoms with Crippen LogP contribution in [0.4, 0.5) is 29.0 Å². The van der Waals surface area contributed by atoms with E-state index in [0.717, 1.165) is 24.3 Å². The summed E-state index contributed by atoms with van der Waals surface area (Å²) in [5, 5.41) is 11.5. The lowest BCUT2D eigenvalue weighted by Gasteiger charge is -2.06. The van der Waals surface area contributed by atoms with Gasteiger partial charge in [-0.15, -0.1) is 0 Å². The average molecular weight is 299 g/mol. The predicted octanol–water partition coefficient (Wildman–Crippen LogP) is 3.66. The van der Waals surface area contributed by atoms with Gasteiger partial charge in [0.2, 0.25) is 5.95 Å². The lowest BCUT2D eigenvalue weighted by atomic mass is 10.2. The summed E-state index contributed by atoms with van der Waals surface area (Å²) < 4.78 is 0. The van der Waals surface area contributed by atoms with Crippen LogP contribution in [0.25, 0.3) is 0 Å². The lowest BCUT2D eigenvalue weighted by Crippen LogP contribution is -2.02. The van der Waals surface area contributed by atoms with Gasteiger partial charge < -0.3 is 16.8 Å². The van der Waals surface area contributed by atoms with Gasteiger partial charge in [-0.25, -0.2) is 0 Å². The zero-order chi connectivity index (χ0) is 15.8. The van der Waals surface area contributed by atoms with Gasteiger partial charge in [0, 0.05) is 11.8 Å². The van der Waals surface area contributed by atoms with Gasteiger partial charge in [0.05, 0.1) is 12.2 Å². The molecular formula is C15H21N7. The fourth-order valence-electron chi connectivity index (χ4n) is 1.87. The van der Waals surface area contributed by atoms with Crippen molar-refractivity contribution in [1.29, 1.82) is 0 Å². The summed E-state index contributed by atoms with van der Waals surface area (Å²) in [6, 6.07) is 9.20. The molecule has 22 heavy (non-hydrogen) atoms. The number of hydrogen-bond donors (Lipinski definition) is 3. The number of nitrogen functional groups attached to an aromatic ring is 2.